The van der Waals surface area contributed by atoms with E-state index in [2.05, 4.69) is 5.16 Å². The number of nitrogens with zero attached hydrogens (tertiary/aromatic N) is 2. The number of carboxylic acid groups (broad SMARTS) is 1. The van der Waals surface area contributed by atoms with Crippen LogP contribution in [0.25, 0.3) is 11.3 Å². The second-order valence-electron chi connectivity index (χ2n) is 6.13. The van der Waals surface area contributed by atoms with Crippen molar-refractivity contribution >= 4 is 23.5 Å². The number of carbonyl (C=O) groups excluding carboxylic acids is 1. The van der Waals surface area contributed by atoms with E-state index in [1.54, 1.807) is 31.2 Å². The average Bonchev–Trinajstić information content (AvgIpc) is 3.13. The molecule has 2 rings (SSSR count). The van der Waals surface area contributed by atoms with Crippen molar-refractivity contribution in [2.45, 2.75) is 20.3 Å². The van der Waals surface area contributed by atoms with Crippen molar-refractivity contribution < 1.29 is 24.0 Å². The number of aromatic nitrogens is 1. The van der Waals surface area contributed by atoms with Crippen molar-refractivity contribution in [1.29, 1.82) is 0 Å². The third kappa shape index (κ3) is 6.08. The number of rotatable bonds is 10. The number of carboxylic acids is 1. The lowest BCUT2D eigenvalue weighted by atomic mass is 10.1. The van der Waals surface area contributed by atoms with Crippen LogP contribution in [0.4, 0.5) is 0 Å². The van der Waals surface area contributed by atoms with E-state index in [0.29, 0.717) is 42.5 Å². The monoisotopic (exact) mass is 394 g/mol. The Balaban J connectivity index is 2.14. The third-order valence-electron chi connectivity index (χ3n) is 3.96. The molecular weight excluding hydrogens is 372 g/mol. The molecule has 1 aromatic heterocycles. The van der Waals surface area contributed by atoms with E-state index in [4.69, 9.17) is 26.0 Å². The molecule has 0 bridgehead atoms. The number of aliphatic carboxylic acids is 1. The fourth-order valence-corrected chi connectivity index (χ4v) is 2.69. The van der Waals surface area contributed by atoms with Crippen molar-refractivity contribution in [2.75, 3.05) is 26.3 Å². The van der Waals surface area contributed by atoms with Gasteiger partial charge in [-0.3, -0.25) is 9.59 Å². The minimum absolute atomic E-state index is 0.0830. The van der Waals surface area contributed by atoms with Crippen LogP contribution in [0.15, 0.2) is 34.9 Å². The Morgan fingerprint density at radius 3 is 2.81 bits per heavy atom. The smallest absolute Gasteiger partial charge is 0.308 e. The van der Waals surface area contributed by atoms with Crippen molar-refractivity contribution in [2.24, 2.45) is 5.92 Å². The molecule has 8 heteroatoms. The summed E-state index contributed by atoms with van der Waals surface area (Å²) in [5.74, 6) is -1.62. The zero-order valence-electron chi connectivity index (χ0n) is 15.4. The summed E-state index contributed by atoms with van der Waals surface area (Å²) in [7, 11) is 0. The van der Waals surface area contributed by atoms with Crippen LogP contribution in [0.2, 0.25) is 5.02 Å². The Morgan fingerprint density at radius 2 is 2.15 bits per heavy atom. The summed E-state index contributed by atoms with van der Waals surface area (Å²) in [6.45, 7) is 4.99. The highest BCUT2D eigenvalue weighted by Crippen LogP contribution is 2.24. The van der Waals surface area contributed by atoms with Gasteiger partial charge in [-0.05, 0) is 25.5 Å². The quantitative estimate of drug-likeness (QED) is 0.619. The molecule has 0 aliphatic rings. The Labute approximate surface area is 162 Å². The number of amides is 1. The summed E-state index contributed by atoms with van der Waals surface area (Å²) < 4.78 is 10.6. The molecule has 0 aliphatic heterocycles. The van der Waals surface area contributed by atoms with E-state index >= 15 is 0 Å². The molecule has 0 saturated heterocycles. The fourth-order valence-electron chi connectivity index (χ4n) is 2.50. The first kappa shape index (κ1) is 20.9. The van der Waals surface area contributed by atoms with E-state index in [1.165, 1.54) is 11.0 Å². The summed E-state index contributed by atoms with van der Waals surface area (Å²) in [5.41, 5.74) is 0.829. The fraction of sp³-hybridized carbons (Fsp3) is 0.421. The number of hydrogen-bond donors (Lipinski definition) is 1. The molecule has 0 radical (unpaired) electrons. The normalized spacial score (nSPS) is 12.0. The van der Waals surface area contributed by atoms with E-state index in [9.17, 15) is 9.59 Å². The number of ether oxygens (including phenoxy) is 1. The van der Waals surface area contributed by atoms with Crippen LogP contribution in [0, 0.1) is 5.92 Å². The van der Waals surface area contributed by atoms with Gasteiger partial charge >= 0.3 is 5.97 Å². The van der Waals surface area contributed by atoms with Gasteiger partial charge in [-0.25, -0.2) is 0 Å². The standard InChI is InChI=1S/C19H23ClN2O5/c1-3-26-9-5-8-22(12-13(2)19(24)25)18(23)16-11-17(27-21-16)14-6-4-7-15(20)10-14/h4,6-7,10-11,13H,3,5,8-9,12H2,1-2H3,(H,24,25). The topological polar surface area (TPSA) is 92.9 Å². The van der Waals surface area contributed by atoms with Gasteiger partial charge < -0.3 is 19.3 Å². The van der Waals surface area contributed by atoms with E-state index in [0.717, 1.165) is 0 Å². The minimum Gasteiger partial charge on any atom is -0.481 e. The van der Waals surface area contributed by atoms with E-state index in [-0.39, 0.29) is 18.1 Å². The molecule has 1 N–H and O–H groups in total. The Bertz CT molecular complexity index is 777. The molecule has 0 saturated carbocycles. The van der Waals surface area contributed by atoms with Crippen LogP contribution in [-0.2, 0) is 9.53 Å². The SMILES string of the molecule is CCOCCCN(CC(C)C(=O)O)C(=O)c1cc(-c2cccc(Cl)c2)on1. The lowest BCUT2D eigenvalue weighted by Crippen LogP contribution is -2.38. The van der Waals surface area contributed by atoms with Gasteiger partial charge in [-0.15, -0.1) is 0 Å². The van der Waals surface area contributed by atoms with Crippen LogP contribution < -0.4 is 0 Å². The number of hydrogen-bond acceptors (Lipinski definition) is 5. The first-order valence-corrected chi connectivity index (χ1v) is 9.12. The molecule has 0 aliphatic carbocycles. The lowest BCUT2D eigenvalue weighted by molar-refractivity contribution is -0.141. The highest BCUT2D eigenvalue weighted by molar-refractivity contribution is 6.30. The zero-order chi connectivity index (χ0) is 19.8. The average molecular weight is 395 g/mol. The first-order chi connectivity index (χ1) is 12.9. The summed E-state index contributed by atoms with van der Waals surface area (Å²) in [4.78, 5) is 25.5. The van der Waals surface area contributed by atoms with Crippen LogP contribution >= 0.6 is 11.6 Å². The molecule has 7 nitrogen and oxygen atoms in total. The van der Waals surface area contributed by atoms with Gasteiger partial charge in [-0.2, -0.15) is 0 Å². The largest absolute Gasteiger partial charge is 0.481 e. The Hall–Kier alpha value is -2.38. The van der Waals surface area contributed by atoms with Gasteiger partial charge in [0.25, 0.3) is 5.91 Å². The van der Waals surface area contributed by atoms with Gasteiger partial charge in [0.05, 0.1) is 5.92 Å². The lowest BCUT2D eigenvalue weighted by Gasteiger charge is -2.23. The molecule has 0 fully saturated rings. The molecule has 1 unspecified atom stereocenters. The van der Waals surface area contributed by atoms with Gasteiger partial charge in [0.2, 0.25) is 0 Å². The highest BCUT2D eigenvalue weighted by atomic mass is 35.5. The molecule has 2 aromatic rings. The van der Waals surface area contributed by atoms with Crippen LogP contribution in [-0.4, -0.2) is 53.3 Å². The van der Waals surface area contributed by atoms with Crippen LogP contribution in [0.3, 0.4) is 0 Å². The predicted molar refractivity (Wildman–Crippen MR) is 101 cm³/mol. The molecule has 1 amide bonds. The zero-order valence-corrected chi connectivity index (χ0v) is 16.1. The summed E-state index contributed by atoms with van der Waals surface area (Å²) in [6, 6.07) is 8.56. The summed E-state index contributed by atoms with van der Waals surface area (Å²) in [6.07, 6.45) is 0.602. The summed E-state index contributed by atoms with van der Waals surface area (Å²) in [5, 5.41) is 13.6. The van der Waals surface area contributed by atoms with Gasteiger partial charge in [0.15, 0.2) is 11.5 Å². The second-order valence-corrected chi connectivity index (χ2v) is 6.56. The first-order valence-electron chi connectivity index (χ1n) is 8.74. The van der Waals surface area contributed by atoms with Crippen LogP contribution in [0.5, 0.6) is 0 Å². The predicted octanol–water partition coefficient (Wildman–Crippen LogP) is 3.58. The van der Waals surface area contributed by atoms with Crippen molar-refractivity contribution in [3.63, 3.8) is 0 Å². The molecule has 1 heterocycles. The molecule has 0 spiro atoms. The molecule has 27 heavy (non-hydrogen) atoms. The van der Waals surface area contributed by atoms with Gasteiger partial charge in [-0.1, -0.05) is 35.8 Å². The molecular formula is C19H23ClN2O5. The van der Waals surface area contributed by atoms with Gasteiger partial charge in [0.1, 0.15) is 0 Å². The van der Waals surface area contributed by atoms with Crippen LogP contribution in [0.1, 0.15) is 30.8 Å². The van der Waals surface area contributed by atoms with Crippen molar-refractivity contribution in [3.8, 4) is 11.3 Å². The molecule has 1 atom stereocenters. The van der Waals surface area contributed by atoms with Gasteiger partial charge in [0, 0.05) is 43.0 Å². The minimum atomic E-state index is -0.961. The molecule has 146 valence electrons. The maximum absolute atomic E-state index is 12.8. The number of benzene rings is 1. The Kier molecular flexibility index (Phi) is 7.82. The number of carbonyl (C=O) groups is 2. The number of halogens is 1. The maximum atomic E-state index is 12.8. The van der Waals surface area contributed by atoms with Crippen molar-refractivity contribution in [1.82, 2.24) is 10.1 Å². The maximum Gasteiger partial charge on any atom is 0.308 e. The third-order valence-corrected chi connectivity index (χ3v) is 4.20. The summed E-state index contributed by atoms with van der Waals surface area (Å²) >= 11 is 5.98. The highest BCUT2D eigenvalue weighted by Gasteiger charge is 2.24. The molecule has 1 aromatic carbocycles. The Morgan fingerprint density at radius 1 is 1.37 bits per heavy atom. The van der Waals surface area contributed by atoms with E-state index in [1.807, 2.05) is 6.92 Å². The van der Waals surface area contributed by atoms with E-state index < -0.39 is 11.9 Å². The second kappa shape index (κ2) is 10.1. The van der Waals surface area contributed by atoms with Crippen molar-refractivity contribution in [3.05, 3.63) is 41.0 Å².